The number of likely N-dealkylation sites (N-methyl/N-ethyl adjacent to an activating group) is 1. The molecule has 16 heavy (non-hydrogen) atoms. The Morgan fingerprint density at radius 2 is 2.12 bits per heavy atom. The number of carbonyl (C=O) groups is 1. The van der Waals surface area contributed by atoms with Crippen molar-refractivity contribution in [3.8, 4) is 6.07 Å². The third-order valence-electron chi connectivity index (χ3n) is 1.74. The minimum atomic E-state index is -4.27. The smallest absolute Gasteiger partial charge is 0.371 e. The number of nitrogens with zero attached hydrogens (tertiary/aromatic N) is 2. The van der Waals surface area contributed by atoms with E-state index in [0.29, 0.717) is 0 Å². The summed E-state index contributed by atoms with van der Waals surface area (Å²) in [5.41, 5.74) is 0. The summed E-state index contributed by atoms with van der Waals surface area (Å²) in [6.45, 7) is -0.669. The fourth-order valence-corrected chi connectivity index (χ4v) is 0.800. The van der Waals surface area contributed by atoms with E-state index in [4.69, 9.17) is 5.26 Å². The average molecular weight is 238 g/mol. The molecule has 0 aromatic rings. The number of hydrogen-bond donors (Lipinski definition) is 0. The third kappa shape index (κ3) is 8.05. The Bertz CT molecular complexity index is 260. The number of nitriles is 1. The highest BCUT2D eigenvalue weighted by Gasteiger charge is 2.26. The minimum absolute atomic E-state index is 0.185. The number of ether oxygens (including phenoxy) is 1. The van der Waals surface area contributed by atoms with Crippen LogP contribution in [0.3, 0.4) is 0 Å². The largest absolute Gasteiger partial charge is 0.391 e. The second-order valence-electron chi connectivity index (χ2n) is 3.14. The molecule has 0 saturated heterocycles. The van der Waals surface area contributed by atoms with E-state index >= 15 is 0 Å². The van der Waals surface area contributed by atoms with Gasteiger partial charge in [-0.1, -0.05) is 0 Å². The van der Waals surface area contributed by atoms with Crippen molar-refractivity contribution in [2.75, 3.05) is 26.8 Å². The minimum Gasteiger partial charge on any atom is -0.371 e. The Balaban J connectivity index is 3.62. The first-order valence-electron chi connectivity index (χ1n) is 4.62. The van der Waals surface area contributed by atoms with Crippen LogP contribution in [0.25, 0.3) is 0 Å². The normalized spacial score (nSPS) is 10.9. The van der Waals surface area contributed by atoms with Crippen LogP contribution in [-0.2, 0) is 9.53 Å². The Hall–Kier alpha value is -1.29. The Labute approximate surface area is 91.6 Å². The molecule has 4 nitrogen and oxygen atoms in total. The van der Waals surface area contributed by atoms with Gasteiger partial charge in [0, 0.05) is 13.6 Å². The standard InChI is InChI=1S/C9H13F3N2O2/c1-14(5-2-4-13)8(15)7-16-6-3-9(10,11)12/h2-3,5-7H2,1H3. The molecule has 0 heterocycles. The molecule has 0 unspecified atom stereocenters. The van der Waals surface area contributed by atoms with Gasteiger partial charge in [-0.15, -0.1) is 0 Å². The van der Waals surface area contributed by atoms with E-state index in [1.165, 1.54) is 11.9 Å². The molecule has 0 rings (SSSR count). The molecule has 0 N–H and O–H groups in total. The first-order chi connectivity index (χ1) is 7.37. The highest BCUT2D eigenvalue weighted by Crippen LogP contribution is 2.18. The molecule has 1 amide bonds. The van der Waals surface area contributed by atoms with Crippen LogP contribution in [0.15, 0.2) is 0 Å². The number of hydrogen-bond acceptors (Lipinski definition) is 3. The molecule has 0 spiro atoms. The van der Waals surface area contributed by atoms with Gasteiger partial charge >= 0.3 is 6.18 Å². The van der Waals surface area contributed by atoms with Gasteiger partial charge in [0.05, 0.1) is 25.5 Å². The quantitative estimate of drug-likeness (QED) is 0.656. The van der Waals surface area contributed by atoms with Gasteiger partial charge in [0.1, 0.15) is 6.61 Å². The van der Waals surface area contributed by atoms with Gasteiger partial charge < -0.3 is 9.64 Å². The molecule has 0 aromatic heterocycles. The Morgan fingerprint density at radius 1 is 1.50 bits per heavy atom. The van der Waals surface area contributed by atoms with E-state index in [1.54, 1.807) is 0 Å². The molecular weight excluding hydrogens is 225 g/mol. The molecule has 0 aliphatic carbocycles. The number of halogens is 3. The van der Waals surface area contributed by atoms with Gasteiger partial charge in [-0.25, -0.2) is 0 Å². The first-order valence-corrected chi connectivity index (χ1v) is 4.62. The zero-order valence-corrected chi connectivity index (χ0v) is 8.88. The lowest BCUT2D eigenvalue weighted by Gasteiger charge is -2.15. The number of carbonyl (C=O) groups excluding carboxylic acids is 1. The summed E-state index contributed by atoms with van der Waals surface area (Å²) in [5.74, 6) is -0.433. The van der Waals surface area contributed by atoms with Crippen molar-refractivity contribution in [3.05, 3.63) is 0 Å². The van der Waals surface area contributed by atoms with E-state index in [2.05, 4.69) is 4.74 Å². The van der Waals surface area contributed by atoms with Crippen LogP contribution in [0.5, 0.6) is 0 Å². The molecule has 0 saturated carbocycles. The van der Waals surface area contributed by atoms with Crippen molar-refractivity contribution in [3.63, 3.8) is 0 Å². The summed E-state index contributed by atoms with van der Waals surface area (Å²) in [6.07, 6.45) is -5.15. The van der Waals surface area contributed by atoms with Crippen molar-refractivity contribution in [1.82, 2.24) is 4.90 Å². The highest BCUT2D eigenvalue weighted by atomic mass is 19.4. The maximum atomic E-state index is 11.7. The second kappa shape index (κ2) is 7.06. The van der Waals surface area contributed by atoms with Crippen molar-refractivity contribution in [1.29, 1.82) is 5.26 Å². The van der Waals surface area contributed by atoms with Crippen LogP contribution >= 0.6 is 0 Å². The van der Waals surface area contributed by atoms with Gasteiger partial charge in [-0.05, 0) is 0 Å². The van der Waals surface area contributed by atoms with Gasteiger partial charge in [0.25, 0.3) is 0 Å². The van der Waals surface area contributed by atoms with Gasteiger partial charge in [0.2, 0.25) is 5.91 Å². The number of amides is 1. The molecule has 0 aliphatic heterocycles. The van der Waals surface area contributed by atoms with Crippen molar-refractivity contribution < 1.29 is 22.7 Å². The van der Waals surface area contributed by atoms with Gasteiger partial charge in [0.15, 0.2) is 0 Å². The van der Waals surface area contributed by atoms with Gasteiger partial charge in [-0.2, -0.15) is 18.4 Å². The zero-order valence-electron chi connectivity index (χ0n) is 8.88. The van der Waals surface area contributed by atoms with Crippen LogP contribution < -0.4 is 0 Å². The Kier molecular flexibility index (Phi) is 6.49. The molecule has 0 aromatic carbocycles. The van der Waals surface area contributed by atoms with Crippen LogP contribution in [0.4, 0.5) is 13.2 Å². The first kappa shape index (κ1) is 14.7. The van der Waals surface area contributed by atoms with E-state index < -0.39 is 31.7 Å². The predicted molar refractivity (Wildman–Crippen MR) is 49.4 cm³/mol. The fourth-order valence-electron chi connectivity index (χ4n) is 0.800. The molecule has 0 aliphatic rings. The van der Waals surface area contributed by atoms with Crippen molar-refractivity contribution >= 4 is 5.91 Å². The molecular formula is C9H13F3N2O2. The topological polar surface area (TPSA) is 53.3 Å². The van der Waals surface area contributed by atoms with E-state index in [9.17, 15) is 18.0 Å². The molecule has 92 valence electrons. The summed E-state index contributed by atoms with van der Waals surface area (Å²) in [7, 11) is 1.47. The van der Waals surface area contributed by atoms with Crippen LogP contribution in [0.1, 0.15) is 12.8 Å². The SMILES string of the molecule is CN(CCC#N)C(=O)COCCC(F)(F)F. The maximum absolute atomic E-state index is 11.7. The maximum Gasteiger partial charge on any atom is 0.391 e. The molecule has 0 fully saturated rings. The summed E-state index contributed by atoms with van der Waals surface area (Å²) >= 11 is 0. The summed E-state index contributed by atoms with van der Waals surface area (Å²) < 4.78 is 39.7. The van der Waals surface area contributed by atoms with Crippen LogP contribution in [0, 0.1) is 11.3 Å². The third-order valence-corrected chi connectivity index (χ3v) is 1.74. The van der Waals surface area contributed by atoms with Crippen LogP contribution in [0.2, 0.25) is 0 Å². The summed E-state index contributed by atoms with van der Waals surface area (Å²) in [6, 6.07) is 1.86. The predicted octanol–water partition coefficient (Wildman–Crippen LogP) is 1.33. The number of alkyl halides is 3. The molecule has 0 bridgehead atoms. The molecule has 0 atom stereocenters. The lowest BCUT2D eigenvalue weighted by Crippen LogP contribution is -2.31. The summed E-state index contributed by atoms with van der Waals surface area (Å²) in [4.78, 5) is 12.4. The average Bonchev–Trinajstić information content (AvgIpc) is 2.19. The van der Waals surface area contributed by atoms with Crippen LogP contribution in [-0.4, -0.2) is 43.8 Å². The van der Waals surface area contributed by atoms with E-state index in [1.807, 2.05) is 6.07 Å². The van der Waals surface area contributed by atoms with Crippen molar-refractivity contribution in [2.45, 2.75) is 19.0 Å². The fraction of sp³-hybridized carbons (Fsp3) is 0.778. The molecule has 0 radical (unpaired) electrons. The highest BCUT2D eigenvalue weighted by molar-refractivity contribution is 5.77. The number of rotatable bonds is 6. The van der Waals surface area contributed by atoms with E-state index in [0.717, 1.165) is 0 Å². The monoisotopic (exact) mass is 238 g/mol. The van der Waals surface area contributed by atoms with Gasteiger partial charge in [-0.3, -0.25) is 4.79 Å². The zero-order chi connectivity index (χ0) is 12.6. The van der Waals surface area contributed by atoms with E-state index in [-0.39, 0.29) is 13.0 Å². The Morgan fingerprint density at radius 3 is 2.62 bits per heavy atom. The summed E-state index contributed by atoms with van der Waals surface area (Å²) in [5, 5.41) is 8.26. The lowest BCUT2D eigenvalue weighted by atomic mass is 10.4. The lowest BCUT2D eigenvalue weighted by molar-refractivity contribution is -0.151. The second-order valence-corrected chi connectivity index (χ2v) is 3.14. The van der Waals surface area contributed by atoms with Crippen molar-refractivity contribution in [2.24, 2.45) is 0 Å². The molecule has 7 heteroatoms.